The third kappa shape index (κ3) is 3.30. The molecule has 152 valence electrons. The van der Waals surface area contributed by atoms with Crippen LogP contribution in [0.4, 0.5) is 13.2 Å². The van der Waals surface area contributed by atoms with E-state index < -0.39 is 11.9 Å². The summed E-state index contributed by atoms with van der Waals surface area (Å²) in [5.41, 5.74) is 8.44. The van der Waals surface area contributed by atoms with Crippen LogP contribution in [0, 0.1) is 12.8 Å². The average molecular weight is 401 g/mol. The molecular formula is C21H22F3N5. The Morgan fingerprint density at radius 2 is 1.97 bits per heavy atom. The average Bonchev–Trinajstić information content (AvgIpc) is 3.30. The van der Waals surface area contributed by atoms with Crippen LogP contribution in [-0.2, 0) is 6.18 Å². The van der Waals surface area contributed by atoms with E-state index in [9.17, 15) is 13.2 Å². The van der Waals surface area contributed by atoms with Crippen LogP contribution in [0.1, 0.15) is 36.6 Å². The molecule has 1 aliphatic carbocycles. The Labute approximate surface area is 166 Å². The van der Waals surface area contributed by atoms with E-state index in [1.165, 1.54) is 6.07 Å². The number of hydrogen-bond acceptors (Lipinski definition) is 4. The maximum Gasteiger partial charge on any atom is 0.433 e. The molecule has 3 atom stereocenters. The van der Waals surface area contributed by atoms with Crippen molar-refractivity contribution in [2.75, 3.05) is 6.54 Å². The molecule has 3 heterocycles. The molecule has 5 rings (SSSR count). The summed E-state index contributed by atoms with van der Waals surface area (Å²) in [6, 6.07) is 10.9. The number of hydrazine groups is 1. The van der Waals surface area contributed by atoms with Crippen molar-refractivity contribution >= 4 is 11.2 Å². The number of imidazole rings is 1. The molecule has 2 fully saturated rings. The van der Waals surface area contributed by atoms with Gasteiger partial charge in [-0.3, -0.25) is 10.9 Å². The lowest BCUT2D eigenvalue weighted by atomic mass is 9.82. The molecule has 5 nitrogen and oxygen atoms in total. The van der Waals surface area contributed by atoms with E-state index in [4.69, 9.17) is 4.98 Å². The first kappa shape index (κ1) is 18.6. The highest BCUT2D eigenvalue weighted by molar-refractivity contribution is 5.78. The molecule has 0 spiro atoms. The Morgan fingerprint density at radius 3 is 2.76 bits per heavy atom. The second-order valence-electron chi connectivity index (χ2n) is 8.07. The van der Waals surface area contributed by atoms with Gasteiger partial charge in [0.1, 0.15) is 17.0 Å². The van der Waals surface area contributed by atoms with Crippen molar-refractivity contribution in [2.45, 2.75) is 44.4 Å². The Kier molecular flexibility index (Phi) is 4.36. The zero-order chi connectivity index (χ0) is 20.2. The molecule has 2 N–H and O–H groups in total. The predicted molar refractivity (Wildman–Crippen MR) is 104 cm³/mol. The number of nitrogens with zero attached hydrogens (tertiary/aromatic N) is 3. The number of nitrogens with one attached hydrogen (secondary N) is 2. The Bertz CT molecular complexity index is 1060. The van der Waals surface area contributed by atoms with Gasteiger partial charge in [0.25, 0.3) is 0 Å². The molecule has 1 aromatic carbocycles. The normalized spacial score (nSPS) is 24.8. The maximum atomic E-state index is 13.3. The minimum absolute atomic E-state index is 0.0643. The van der Waals surface area contributed by atoms with Crippen molar-refractivity contribution in [1.29, 1.82) is 0 Å². The smallest absolute Gasteiger partial charge is 0.306 e. The van der Waals surface area contributed by atoms with Crippen molar-refractivity contribution in [1.82, 2.24) is 25.4 Å². The van der Waals surface area contributed by atoms with E-state index in [1.54, 1.807) is 0 Å². The number of fused-ring (bicyclic) bond motifs is 2. The molecule has 3 unspecified atom stereocenters. The zero-order valence-electron chi connectivity index (χ0n) is 16.0. The van der Waals surface area contributed by atoms with Gasteiger partial charge in [-0.2, -0.15) is 13.2 Å². The molecule has 1 saturated carbocycles. The number of aryl methyl sites for hydroxylation is 1. The van der Waals surface area contributed by atoms with Gasteiger partial charge in [0.2, 0.25) is 0 Å². The van der Waals surface area contributed by atoms with Crippen LogP contribution in [0.25, 0.3) is 22.6 Å². The van der Waals surface area contributed by atoms with Crippen LogP contribution in [0.15, 0.2) is 36.4 Å². The van der Waals surface area contributed by atoms with Crippen molar-refractivity contribution in [3.05, 3.63) is 47.7 Å². The number of hydrogen-bond donors (Lipinski definition) is 2. The summed E-state index contributed by atoms with van der Waals surface area (Å²) in [5, 5.41) is 0. The van der Waals surface area contributed by atoms with Crippen LogP contribution in [0.3, 0.4) is 0 Å². The van der Waals surface area contributed by atoms with E-state index in [-0.39, 0.29) is 6.04 Å². The Balaban J connectivity index is 1.68. The van der Waals surface area contributed by atoms with Gasteiger partial charge in [-0.25, -0.2) is 9.97 Å². The molecule has 3 aromatic rings. The second kappa shape index (κ2) is 6.81. The van der Waals surface area contributed by atoms with Crippen molar-refractivity contribution < 1.29 is 13.2 Å². The van der Waals surface area contributed by atoms with Crippen molar-refractivity contribution in [3.8, 4) is 11.4 Å². The molecule has 1 aliphatic heterocycles. The molecule has 29 heavy (non-hydrogen) atoms. The van der Waals surface area contributed by atoms with Gasteiger partial charge in [-0.1, -0.05) is 23.8 Å². The van der Waals surface area contributed by atoms with Gasteiger partial charge in [-0.15, -0.1) is 0 Å². The highest BCUT2D eigenvalue weighted by atomic mass is 19.4. The Morgan fingerprint density at radius 1 is 1.10 bits per heavy atom. The number of benzene rings is 1. The van der Waals surface area contributed by atoms with Crippen molar-refractivity contribution in [3.63, 3.8) is 0 Å². The van der Waals surface area contributed by atoms with Crippen LogP contribution in [-0.4, -0.2) is 27.1 Å². The largest absolute Gasteiger partial charge is 0.433 e. The zero-order valence-corrected chi connectivity index (χ0v) is 16.0. The van der Waals surface area contributed by atoms with Gasteiger partial charge in [0.05, 0.1) is 0 Å². The van der Waals surface area contributed by atoms with Crippen molar-refractivity contribution in [2.24, 2.45) is 5.92 Å². The second-order valence-corrected chi connectivity index (χ2v) is 8.07. The highest BCUT2D eigenvalue weighted by Gasteiger charge is 2.37. The predicted octanol–water partition coefficient (Wildman–Crippen LogP) is 4.24. The lowest BCUT2D eigenvalue weighted by Gasteiger charge is -2.32. The summed E-state index contributed by atoms with van der Waals surface area (Å²) in [7, 11) is 0. The molecule has 1 saturated heterocycles. The highest BCUT2D eigenvalue weighted by Crippen LogP contribution is 2.39. The number of rotatable bonds is 2. The molecule has 0 radical (unpaired) electrons. The van der Waals surface area contributed by atoms with Gasteiger partial charge >= 0.3 is 6.18 Å². The van der Waals surface area contributed by atoms with E-state index in [0.717, 1.165) is 43.0 Å². The van der Waals surface area contributed by atoms with Crippen LogP contribution < -0.4 is 10.9 Å². The number of pyridine rings is 1. The number of halogens is 3. The third-order valence-electron chi connectivity index (χ3n) is 6.08. The van der Waals surface area contributed by atoms with E-state index >= 15 is 0 Å². The third-order valence-corrected chi connectivity index (χ3v) is 6.08. The minimum atomic E-state index is -4.48. The molecule has 8 heteroatoms. The summed E-state index contributed by atoms with van der Waals surface area (Å²) in [6.07, 6.45) is -1.76. The molecule has 0 bridgehead atoms. The fourth-order valence-electron chi connectivity index (χ4n) is 4.68. The van der Waals surface area contributed by atoms with Crippen LogP contribution in [0.2, 0.25) is 0 Å². The summed E-state index contributed by atoms with van der Waals surface area (Å²) in [4.78, 5) is 8.73. The first-order chi connectivity index (χ1) is 13.9. The van der Waals surface area contributed by atoms with Crippen LogP contribution >= 0.6 is 0 Å². The topological polar surface area (TPSA) is 54.8 Å². The summed E-state index contributed by atoms with van der Waals surface area (Å²) in [5.74, 6) is 1.14. The molecule has 0 amide bonds. The maximum absolute atomic E-state index is 13.3. The first-order valence-electron chi connectivity index (χ1n) is 9.92. The van der Waals surface area contributed by atoms with Gasteiger partial charge < -0.3 is 4.57 Å². The van der Waals surface area contributed by atoms with Crippen LogP contribution in [0.5, 0.6) is 0 Å². The quantitative estimate of drug-likeness (QED) is 0.674. The van der Waals surface area contributed by atoms with E-state index in [2.05, 4.69) is 15.8 Å². The number of alkyl halides is 3. The lowest BCUT2D eigenvalue weighted by Crippen LogP contribution is -2.36. The van der Waals surface area contributed by atoms with Gasteiger partial charge in [-0.05, 0) is 50.3 Å². The molecular weight excluding hydrogens is 379 g/mol. The monoisotopic (exact) mass is 401 g/mol. The first-order valence-corrected chi connectivity index (χ1v) is 9.92. The number of aromatic nitrogens is 3. The SMILES string of the molecule is Cc1cccc(-c2nc3ccc(C(F)(F)F)nc3n2C2CCC3NNCC3C2)c1. The fourth-order valence-corrected chi connectivity index (χ4v) is 4.68. The summed E-state index contributed by atoms with van der Waals surface area (Å²) >= 11 is 0. The van der Waals surface area contributed by atoms with E-state index in [0.29, 0.717) is 28.9 Å². The van der Waals surface area contributed by atoms with Gasteiger partial charge in [0, 0.05) is 24.2 Å². The fraction of sp³-hybridized carbons (Fsp3) is 0.429. The standard InChI is InChI=1S/C21H22F3N5/c1-12-3-2-4-13(9-12)19-26-17-7-8-18(21(22,23)24)27-20(17)29(19)15-5-6-16-14(10-15)11-25-28-16/h2-4,7-9,14-16,25,28H,5-6,10-11H2,1H3. The summed E-state index contributed by atoms with van der Waals surface area (Å²) in [6.45, 7) is 2.87. The summed E-state index contributed by atoms with van der Waals surface area (Å²) < 4.78 is 42.0. The molecule has 2 aliphatic rings. The van der Waals surface area contributed by atoms with Gasteiger partial charge in [0.15, 0.2) is 5.65 Å². The van der Waals surface area contributed by atoms with E-state index in [1.807, 2.05) is 35.8 Å². The lowest BCUT2D eigenvalue weighted by molar-refractivity contribution is -0.141. The Hall–Kier alpha value is -2.45. The minimum Gasteiger partial charge on any atom is -0.306 e. The molecule has 2 aromatic heterocycles.